The summed E-state index contributed by atoms with van der Waals surface area (Å²) in [6.07, 6.45) is 5.60. The summed E-state index contributed by atoms with van der Waals surface area (Å²) in [4.78, 5) is 16.3. The molecule has 1 spiro atoms. The summed E-state index contributed by atoms with van der Waals surface area (Å²) < 4.78 is 11.7. The molecule has 5 heteroatoms. The molecule has 4 rings (SSSR count). The Morgan fingerprint density at radius 1 is 1.19 bits per heavy atom. The van der Waals surface area contributed by atoms with E-state index in [1.165, 1.54) is 36.8 Å². The van der Waals surface area contributed by atoms with E-state index >= 15 is 0 Å². The fourth-order valence-electron chi connectivity index (χ4n) is 4.93. The van der Waals surface area contributed by atoms with Gasteiger partial charge in [-0.1, -0.05) is 12.8 Å². The van der Waals surface area contributed by atoms with Gasteiger partial charge in [-0.05, 0) is 43.0 Å². The zero-order valence-electron chi connectivity index (χ0n) is 16.2. The second-order valence-corrected chi connectivity index (χ2v) is 8.26. The van der Waals surface area contributed by atoms with E-state index in [-0.39, 0.29) is 11.3 Å². The quantitative estimate of drug-likeness (QED) is 0.833. The van der Waals surface area contributed by atoms with Crippen molar-refractivity contribution >= 4 is 5.91 Å². The molecule has 5 nitrogen and oxygen atoms in total. The van der Waals surface area contributed by atoms with Crippen molar-refractivity contribution in [3.05, 3.63) is 23.3 Å². The molecule has 1 fully saturated rings. The standard InChI is InChI=1S/C21H30N2O3/c1-15-16-12-18-19(26-11-10-25-18)13-17(16)21(7-4-5-8-21)14-23(15)9-6-20(24)22(2)3/h12-13,15H,4-11,14H2,1-3H3/t15-/m0/s1. The maximum absolute atomic E-state index is 12.1. The summed E-state index contributed by atoms with van der Waals surface area (Å²) in [5.74, 6) is 1.98. The van der Waals surface area contributed by atoms with Gasteiger partial charge >= 0.3 is 0 Å². The van der Waals surface area contributed by atoms with Crippen LogP contribution in [-0.2, 0) is 10.2 Å². The Bertz CT molecular complexity index is 695. The lowest BCUT2D eigenvalue weighted by Crippen LogP contribution is -2.47. The van der Waals surface area contributed by atoms with Gasteiger partial charge in [0.25, 0.3) is 0 Å². The van der Waals surface area contributed by atoms with E-state index < -0.39 is 0 Å². The highest BCUT2D eigenvalue weighted by Gasteiger charge is 2.44. The predicted octanol–water partition coefficient (Wildman–Crippen LogP) is 3.12. The van der Waals surface area contributed by atoms with Gasteiger partial charge in [-0.3, -0.25) is 9.69 Å². The van der Waals surface area contributed by atoms with Crippen molar-refractivity contribution in [1.29, 1.82) is 0 Å². The van der Waals surface area contributed by atoms with Gasteiger partial charge in [0.1, 0.15) is 13.2 Å². The van der Waals surface area contributed by atoms with Crippen LogP contribution in [-0.4, -0.2) is 56.1 Å². The van der Waals surface area contributed by atoms with E-state index in [9.17, 15) is 4.79 Å². The first-order valence-electron chi connectivity index (χ1n) is 9.88. The van der Waals surface area contributed by atoms with Gasteiger partial charge in [-0.2, -0.15) is 0 Å². The van der Waals surface area contributed by atoms with Crippen molar-refractivity contribution in [2.75, 3.05) is 40.4 Å². The van der Waals surface area contributed by atoms with Crippen molar-refractivity contribution in [2.45, 2.75) is 50.5 Å². The molecule has 1 aromatic carbocycles. The Balaban J connectivity index is 1.67. The highest BCUT2D eigenvalue weighted by molar-refractivity contribution is 5.75. The van der Waals surface area contributed by atoms with Crippen LogP contribution in [0, 0.1) is 0 Å². The fourth-order valence-corrected chi connectivity index (χ4v) is 4.93. The van der Waals surface area contributed by atoms with E-state index in [0.717, 1.165) is 24.6 Å². The number of carbonyl (C=O) groups excluding carboxylic acids is 1. The molecule has 1 atom stereocenters. The molecule has 1 saturated carbocycles. The van der Waals surface area contributed by atoms with Crippen LogP contribution in [0.1, 0.15) is 56.2 Å². The number of ether oxygens (including phenoxy) is 2. The molecule has 0 saturated heterocycles. The van der Waals surface area contributed by atoms with Crippen molar-refractivity contribution < 1.29 is 14.3 Å². The van der Waals surface area contributed by atoms with Crippen LogP contribution in [0.5, 0.6) is 11.5 Å². The van der Waals surface area contributed by atoms with Gasteiger partial charge in [0.2, 0.25) is 5.91 Å². The van der Waals surface area contributed by atoms with Gasteiger partial charge in [-0.15, -0.1) is 0 Å². The van der Waals surface area contributed by atoms with Crippen LogP contribution in [0.2, 0.25) is 0 Å². The minimum atomic E-state index is 0.200. The van der Waals surface area contributed by atoms with Crippen LogP contribution < -0.4 is 9.47 Å². The molecule has 1 amide bonds. The van der Waals surface area contributed by atoms with Crippen molar-refractivity contribution in [1.82, 2.24) is 9.80 Å². The third-order valence-electron chi connectivity index (χ3n) is 6.46. The molecule has 0 bridgehead atoms. The molecule has 1 aromatic rings. The lowest BCUT2D eigenvalue weighted by molar-refractivity contribution is -0.129. The third-order valence-corrected chi connectivity index (χ3v) is 6.46. The number of amides is 1. The zero-order valence-corrected chi connectivity index (χ0v) is 16.2. The number of hydrogen-bond donors (Lipinski definition) is 0. The lowest BCUT2D eigenvalue weighted by Gasteiger charge is -2.46. The number of rotatable bonds is 3. The molecule has 26 heavy (non-hydrogen) atoms. The van der Waals surface area contributed by atoms with Crippen LogP contribution in [0.4, 0.5) is 0 Å². The van der Waals surface area contributed by atoms with Gasteiger partial charge in [0.15, 0.2) is 11.5 Å². The Morgan fingerprint density at radius 2 is 1.85 bits per heavy atom. The fraction of sp³-hybridized carbons (Fsp3) is 0.667. The average Bonchev–Trinajstić information content (AvgIpc) is 3.11. The SMILES string of the molecule is C[C@H]1c2cc3c(cc2C2(CCCC2)CN1CCC(=O)N(C)C)OCCO3. The highest BCUT2D eigenvalue weighted by Crippen LogP contribution is 2.51. The summed E-state index contributed by atoms with van der Waals surface area (Å²) >= 11 is 0. The summed E-state index contributed by atoms with van der Waals surface area (Å²) in [7, 11) is 3.67. The number of fused-ring (bicyclic) bond motifs is 3. The molecular weight excluding hydrogens is 328 g/mol. The monoisotopic (exact) mass is 358 g/mol. The summed E-state index contributed by atoms with van der Waals surface area (Å²) in [6, 6.07) is 4.75. The number of hydrogen-bond acceptors (Lipinski definition) is 4. The largest absolute Gasteiger partial charge is 0.486 e. The normalized spacial score (nSPS) is 23.7. The molecule has 0 radical (unpaired) electrons. The molecule has 0 N–H and O–H groups in total. The summed E-state index contributed by atoms with van der Waals surface area (Å²) in [5, 5.41) is 0. The second-order valence-electron chi connectivity index (χ2n) is 8.26. The van der Waals surface area contributed by atoms with Crippen molar-refractivity contribution in [3.63, 3.8) is 0 Å². The zero-order chi connectivity index (χ0) is 18.3. The first-order chi connectivity index (χ1) is 12.5. The van der Waals surface area contributed by atoms with Gasteiger partial charge in [-0.25, -0.2) is 0 Å². The Hall–Kier alpha value is -1.75. The molecule has 2 heterocycles. The maximum Gasteiger partial charge on any atom is 0.223 e. The molecule has 1 aliphatic carbocycles. The van der Waals surface area contributed by atoms with Gasteiger partial charge < -0.3 is 14.4 Å². The first-order valence-corrected chi connectivity index (χ1v) is 9.88. The molecule has 2 aliphatic heterocycles. The van der Waals surface area contributed by atoms with E-state index in [4.69, 9.17) is 9.47 Å². The Labute approximate surface area is 156 Å². The molecule has 0 unspecified atom stereocenters. The summed E-state index contributed by atoms with van der Waals surface area (Å²) in [5.41, 5.74) is 3.03. The topological polar surface area (TPSA) is 42.0 Å². The number of benzene rings is 1. The van der Waals surface area contributed by atoms with Gasteiger partial charge in [0.05, 0.1) is 0 Å². The molecule has 142 valence electrons. The first kappa shape index (κ1) is 17.7. The third kappa shape index (κ3) is 2.96. The van der Waals surface area contributed by atoms with Crippen LogP contribution >= 0.6 is 0 Å². The van der Waals surface area contributed by atoms with Crippen LogP contribution in [0.3, 0.4) is 0 Å². The van der Waals surface area contributed by atoms with Crippen molar-refractivity contribution in [3.8, 4) is 11.5 Å². The highest BCUT2D eigenvalue weighted by atomic mass is 16.6. The van der Waals surface area contributed by atoms with Crippen molar-refractivity contribution in [2.24, 2.45) is 0 Å². The van der Waals surface area contributed by atoms with Gasteiger partial charge in [0, 0.05) is 45.1 Å². The van der Waals surface area contributed by atoms with E-state index in [0.29, 0.717) is 25.7 Å². The Morgan fingerprint density at radius 3 is 2.50 bits per heavy atom. The Kier molecular flexibility index (Phi) is 4.59. The molecule has 3 aliphatic rings. The number of nitrogens with zero attached hydrogens (tertiary/aromatic N) is 2. The summed E-state index contributed by atoms with van der Waals surface area (Å²) in [6.45, 7) is 5.37. The van der Waals surface area contributed by atoms with E-state index in [1.807, 2.05) is 14.1 Å². The maximum atomic E-state index is 12.1. The minimum absolute atomic E-state index is 0.200. The smallest absolute Gasteiger partial charge is 0.223 e. The average molecular weight is 358 g/mol. The molecular formula is C21H30N2O3. The van der Waals surface area contributed by atoms with E-state index in [1.54, 1.807) is 4.90 Å². The predicted molar refractivity (Wildman–Crippen MR) is 101 cm³/mol. The second kappa shape index (κ2) is 6.76. The molecule has 0 aromatic heterocycles. The minimum Gasteiger partial charge on any atom is -0.486 e. The van der Waals surface area contributed by atoms with E-state index in [2.05, 4.69) is 24.0 Å². The number of carbonyl (C=O) groups is 1. The lowest BCUT2D eigenvalue weighted by atomic mass is 9.71. The van der Waals surface area contributed by atoms with Crippen LogP contribution in [0.15, 0.2) is 12.1 Å². The van der Waals surface area contributed by atoms with Crippen LogP contribution in [0.25, 0.3) is 0 Å².